The third kappa shape index (κ3) is 7.52. The summed E-state index contributed by atoms with van der Waals surface area (Å²) in [5, 5.41) is 12.7. The number of carboxylic acids is 1. The number of hydrogen-bond acceptors (Lipinski definition) is 3. The lowest BCUT2D eigenvalue weighted by Gasteiger charge is -2.23. The van der Waals surface area contributed by atoms with Gasteiger partial charge in [-0.05, 0) is 61.9 Å². The van der Waals surface area contributed by atoms with Crippen molar-refractivity contribution in [3.05, 3.63) is 56.7 Å². The van der Waals surface area contributed by atoms with Crippen molar-refractivity contribution in [1.29, 1.82) is 0 Å². The third-order valence-corrected chi connectivity index (χ3v) is 5.69. The van der Waals surface area contributed by atoms with Crippen molar-refractivity contribution in [2.75, 3.05) is 19.6 Å². The molecule has 2 rings (SSSR count). The van der Waals surface area contributed by atoms with Crippen LogP contribution in [0.2, 0.25) is 5.02 Å². The predicted octanol–water partition coefficient (Wildman–Crippen LogP) is 5.09. The fourth-order valence-corrected chi connectivity index (χ4v) is 4.00. The highest BCUT2D eigenvalue weighted by Gasteiger charge is 2.13. The monoisotopic (exact) mass is 422 g/mol. The van der Waals surface area contributed by atoms with Crippen LogP contribution in [0.4, 0.5) is 4.79 Å². The Kier molecular flexibility index (Phi) is 9.31. The van der Waals surface area contributed by atoms with E-state index < -0.39 is 5.97 Å². The lowest BCUT2D eigenvalue weighted by molar-refractivity contribution is 0.0702. The van der Waals surface area contributed by atoms with Gasteiger partial charge in [0.25, 0.3) is 0 Å². The summed E-state index contributed by atoms with van der Waals surface area (Å²) in [5.74, 6) is -0.891. The fraction of sp³-hybridized carbons (Fsp3) is 0.429. The largest absolute Gasteiger partial charge is 0.477 e. The lowest BCUT2D eigenvalue weighted by atomic mass is 10.1. The van der Waals surface area contributed by atoms with Crippen molar-refractivity contribution < 1.29 is 14.7 Å². The quantitative estimate of drug-likeness (QED) is 0.530. The summed E-state index contributed by atoms with van der Waals surface area (Å²) in [7, 11) is 0. The summed E-state index contributed by atoms with van der Waals surface area (Å²) < 4.78 is 0. The van der Waals surface area contributed by atoms with Crippen LogP contribution in [-0.4, -0.2) is 41.6 Å². The van der Waals surface area contributed by atoms with E-state index in [2.05, 4.69) is 5.32 Å². The standard InChI is InChI=1S/C21H27ClN2O3S/c1-2-12-23-21(27)24(13-4-7-16-6-3-8-17(22)15-16)14-5-9-18-10-11-19(28-18)20(25)26/h3,6,8,10-11,15H,2,4-5,7,9,12-14H2,1H3,(H,23,27)(H,25,26). The number of halogens is 1. The Morgan fingerprint density at radius 2 is 1.89 bits per heavy atom. The van der Waals surface area contributed by atoms with Gasteiger partial charge >= 0.3 is 12.0 Å². The lowest BCUT2D eigenvalue weighted by Crippen LogP contribution is -2.41. The molecule has 2 N–H and O–H groups in total. The van der Waals surface area contributed by atoms with Crippen molar-refractivity contribution in [1.82, 2.24) is 10.2 Å². The number of carbonyl (C=O) groups is 2. The number of amides is 2. The highest BCUT2D eigenvalue weighted by atomic mass is 35.5. The molecule has 2 amide bonds. The maximum absolute atomic E-state index is 12.5. The van der Waals surface area contributed by atoms with E-state index in [1.807, 2.05) is 42.2 Å². The van der Waals surface area contributed by atoms with E-state index >= 15 is 0 Å². The van der Waals surface area contributed by atoms with Gasteiger partial charge in [0.05, 0.1) is 0 Å². The molecule has 0 aliphatic carbocycles. The molecule has 5 nitrogen and oxygen atoms in total. The first-order valence-electron chi connectivity index (χ1n) is 9.58. The number of aryl methyl sites for hydroxylation is 2. The maximum Gasteiger partial charge on any atom is 0.345 e. The van der Waals surface area contributed by atoms with Crippen LogP contribution < -0.4 is 5.32 Å². The molecule has 1 aromatic carbocycles. The van der Waals surface area contributed by atoms with Gasteiger partial charge in [-0.3, -0.25) is 0 Å². The second-order valence-electron chi connectivity index (χ2n) is 6.63. The number of hydrogen-bond donors (Lipinski definition) is 2. The molecule has 0 radical (unpaired) electrons. The molecule has 0 fully saturated rings. The SMILES string of the molecule is CCCNC(=O)N(CCCc1cccc(Cl)c1)CCCc1ccc(C(=O)O)s1. The van der Waals surface area contributed by atoms with E-state index in [9.17, 15) is 9.59 Å². The van der Waals surface area contributed by atoms with E-state index in [0.717, 1.165) is 42.0 Å². The zero-order valence-electron chi connectivity index (χ0n) is 16.1. The second kappa shape index (κ2) is 11.7. The maximum atomic E-state index is 12.5. The van der Waals surface area contributed by atoms with Crippen LogP contribution in [0.15, 0.2) is 36.4 Å². The van der Waals surface area contributed by atoms with E-state index in [1.165, 1.54) is 16.9 Å². The minimum Gasteiger partial charge on any atom is -0.477 e. The van der Waals surface area contributed by atoms with Crippen LogP contribution in [-0.2, 0) is 12.8 Å². The molecule has 28 heavy (non-hydrogen) atoms. The molecule has 0 atom stereocenters. The number of carboxylic acid groups (broad SMARTS) is 1. The Balaban J connectivity index is 1.85. The number of aromatic carboxylic acids is 1. The zero-order chi connectivity index (χ0) is 20.4. The van der Waals surface area contributed by atoms with Gasteiger partial charge in [-0.2, -0.15) is 0 Å². The summed E-state index contributed by atoms with van der Waals surface area (Å²) >= 11 is 7.33. The molecule has 7 heteroatoms. The zero-order valence-corrected chi connectivity index (χ0v) is 17.7. The van der Waals surface area contributed by atoms with Gasteiger partial charge in [-0.25, -0.2) is 9.59 Å². The third-order valence-electron chi connectivity index (χ3n) is 4.32. The first-order chi connectivity index (χ1) is 13.5. The average molecular weight is 423 g/mol. The summed E-state index contributed by atoms with van der Waals surface area (Å²) in [6.07, 6.45) is 4.20. The van der Waals surface area contributed by atoms with Crippen molar-refractivity contribution in [3.8, 4) is 0 Å². The van der Waals surface area contributed by atoms with Crippen molar-refractivity contribution >= 4 is 34.9 Å². The Hall–Kier alpha value is -2.05. The molecule has 0 saturated carbocycles. The summed E-state index contributed by atoms with van der Waals surface area (Å²) in [6.45, 7) is 4.01. The average Bonchev–Trinajstić information content (AvgIpc) is 3.14. The van der Waals surface area contributed by atoms with Gasteiger partial charge in [0.1, 0.15) is 4.88 Å². The minimum atomic E-state index is -0.891. The van der Waals surface area contributed by atoms with E-state index in [0.29, 0.717) is 24.5 Å². The van der Waals surface area contributed by atoms with Gasteiger partial charge in [0.2, 0.25) is 0 Å². The van der Waals surface area contributed by atoms with Gasteiger partial charge in [-0.1, -0.05) is 30.7 Å². The number of urea groups is 1. The number of nitrogens with one attached hydrogen (secondary N) is 1. The molecular weight excluding hydrogens is 396 g/mol. The van der Waals surface area contributed by atoms with Gasteiger partial charge in [-0.15, -0.1) is 11.3 Å². The molecule has 1 heterocycles. The Labute approximate surface area is 175 Å². The first-order valence-corrected chi connectivity index (χ1v) is 10.8. The Morgan fingerprint density at radius 1 is 1.14 bits per heavy atom. The van der Waals surface area contributed by atoms with Crippen LogP contribution in [0.25, 0.3) is 0 Å². The van der Waals surface area contributed by atoms with E-state index in [-0.39, 0.29) is 6.03 Å². The highest BCUT2D eigenvalue weighted by Crippen LogP contribution is 2.18. The molecule has 0 unspecified atom stereocenters. The normalized spacial score (nSPS) is 10.6. The van der Waals surface area contributed by atoms with E-state index in [1.54, 1.807) is 6.07 Å². The Morgan fingerprint density at radius 3 is 2.54 bits per heavy atom. The highest BCUT2D eigenvalue weighted by molar-refractivity contribution is 7.13. The first kappa shape index (κ1) is 22.2. The second-order valence-corrected chi connectivity index (χ2v) is 8.23. The van der Waals surface area contributed by atoms with Crippen molar-refractivity contribution in [2.45, 2.75) is 39.0 Å². The molecule has 0 bridgehead atoms. The number of benzene rings is 1. The number of thiophene rings is 1. The number of nitrogens with zero attached hydrogens (tertiary/aromatic N) is 1. The molecule has 0 saturated heterocycles. The smallest absolute Gasteiger partial charge is 0.345 e. The van der Waals surface area contributed by atoms with Crippen LogP contribution in [0.5, 0.6) is 0 Å². The molecule has 0 aliphatic rings. The van der Waals surface area contributed by atoms with Crippen molar-refractivity contribution in [3.63, 3.8) is 0 Å². The predicted molar refractivity (Wildman–Crippen MR) is 115 cm³/mol. The van der Waals surface area contributed by atoms with Crippen molar-refractivity contribution in [2.24, 2.45) is 0 Å². The molecule has 1 aromatic heterocycles. The molecular formula is C21H27ClN2O3S. The fourth-order valence-electron chi connectivity index (χ4n) is 2.90. The van der Waals surface area contributed by atoms with Gasteiger partial charge in [0.15, 0.2) is 0 Å². The van der Waals surface area contributed by atoms with Gasteiger partial charge in [0, 0.05) is 29.5 Å². The summed E-state index contributed by atoms with van der Waals surface area (Å²) in [6, 6.07) is 11.3. The molecule has 0 aliphatic heterocycles. The summed E-state index contributed by atoms with van der Waals surface area (Å²) in [4.78, 5) is 26.7. The molecule has 0 spiro atoms. The number of carbonyl (C=O) groups excluding carboxylic acids is 1. The van der Waals surface area contributed by atoms with Crippen LogP contribution in [0.1, 0.15) is 46.3 Å². The minimum absolute atomic E-state index is 0.0367. The van der Waals surface area contributed by atoms with Crippen LogP contribution >= 0.6 is 22.9 Å². The number of rotatable bonds is 11. The summed E-state index contributed by atoms with van der Waals surface area (Å²) in [5.41, 5.74) is 1.17. The molecule has 152 valence electrons. The van der Waals surface area contributed by atoms with E-state index in [4.69, 9.17) is 16.7 Å². The van der Waals surface area contributed by atoms with Gasteiger partial charge < -0.3 is 15.3 Å². The topological polar surface area (TPSA) is 69.6 Å². The Bertz CT molecular complexity index is 779. The molecule has 2 aromatic rings. The van der Waals surface area contributed by atoms with Crippen LogP contribution in [0, 0.1) is 0 Å². The van der Waals surface area contributed by atoms with Crippen LogP contribution in [0.3, 0.4) is 0 Å².